The van der Waals surface area contributed by atoms with Gasteiger partial charge in [-0.25, -0.2) is 4.39 Å². The first-order chi connectivity index (χ1) is 11.1. The van der Waals surface area contributed by atoms with Gasteiger partial charge in [0.2, 0.25) is 0 Å². The first-order valence-corrected chi connectivity index (χ1v) is 8.60. The summed E-state index contributed by atoms with van der Waals surface area (Å²) in [5, 5.41) is 4.66. The Morgan fingerprint density at radius 1 is 1.17 bits per heavy atom. The lowest BCUT2D eigenvalue weighted by Gasteiger charge is -2.15. The summed E-state index contributed by atoms with van der Waals surface area (Å²) >= 11 is 3.64. The van der Waals surface area contributed by atoms with Crippen molar-refractivity contribution < 1.29 is 4.39 Å². The molecule has 0 saturated carbocycles. The summed E-state index contributed by atoms with van der Waals surface area (Å²) < 4.78 is 14.9. The fourth-order valence-electron chi connectivity index (χ4n) is 3.06. The molecular formula is C19H20BrFN2. The summed E-state index contributed by atoms with van der Waals surface area (Å²) in [7, 11) is 0. The predicted octanol–water partition coefficient (Wildman–Crippen LogP) is 5.27. The van der Waals surface area contributed by atoms with Gasteiger partial charge in [0.1, 0.15) is 5.82 Å². The highest BCUT2D eigenvalue weighted by Gasteiger charge is 2.13. The number of halogens is 2. The van der Waals surface area contributed by atoms with Crippen LogP contribution in [0.4, 0.5) is 4.39 Å². The minimum atomic E-state index is -0.154. The van der Waals surface area contributed by atoms with Crippen molar-refractivity contribution in [3.8, 4) is 0 Å². The molecule has 1 unspecified atom stereocenters. The minimum absolute atomic E-state index is 0.00912. The fraction of sp³-hybridized carbons (Fsp3) is 0.263. The number of hydrogen-bond acceptors (Lipinski definition) is 1. The van der Waals surface area contributed by atoms with Crippen molar-refractivity contribution in [2.75, 3.05) is 6.54 Å². The van der Waals surface area contributed by atoms with Gasteiger partial charge >= 0.3 is 0 Å². The van der Waals surface area contributed by atoms with Gasteiger partial charge in [-0.2, -0.15) is 0 Å². The van der Waals surface area contributed by atoms with Gasteiger partial charge in [-0.15, -0.1) is 0 Å². The number of fused-ring (bicyclic) bond motifs is 1. The average molecular weight is 375 g/mol. The molecule has 4 heteroatoms. The third-order valence-corrected chi connectivity index (χ3v) is 4.95. The summed E-state index contributed by atoms with van der Waals surface area (Å²) in [6.07, 6.45) is 0.896. The second kappa shape index (κ2) is 6.85. The monoisotopic (exact) mass is 374 g/mol. The SMILES string of the molecule is Cc1[nH]c2cccc(Br)c2c1CCNC(C)c1ccccc1F. The average Bonchev–Trinajstić information content (AvgIpc) is 2.85. The second-order valence-corrected chi connectivity index (χ2v) is 6.69. The molecule has 2 aromatic carbocycles. The molecule has 2 nitrogen and oxygen atoms in total. The number of hydrogen-bond donors (Lipinski definition) is 2. The Hall–Kier alpha value is -1.65. The molecule has 120 valence electrons. The summed E-state index contributed by atoms with van der Waals surface area (Å²) in [6.45, 7) is 4.89. The smallest absolute Gasteiger partial charge is 0.127 e. The molecule has 0 spiro atoms. The lowest BCUT2D eigenvalue weighted by Crippen LogP contribution is -2.22. The Bertz CT molecular complexity index is 825. The van der Waals surface area contributed by atoms with Gasteiger partial charge < -0.3 is 10.3 Å². The maximum absolute atomic E-state index is 13.8. The third kappa shape index (κ3) is 3.33. The van der Waals surface area contributed by atoms with Crippen LogP contribution in [-0.2, 0) is 6.42 Å². The van der Waals surface area contributed by atoms with Crippen molar-refractivity contribution in [2.45, 2.75) is 26.3 Å². The molecule has 0 fully saturated rings. The fourth-order valence-corrected chi connectivity index (χ4v) is 3.67. The molecule has 0 aliphatic rings. The molecule has 0 radical (unpaired) electrons. The summed E-state index contributed by atoms with van der Waals surface area (Å²) in [6, 6.07) is 13.1. The van der Waals surface area contributed by atoms with Crippen LogP contribution in [0.25, 0.3) is 10.9 Å². The quantitative estimate of drug-likeness (QED) is 0.625. The van der Waals surface area contributed by atoms with E-state index in [1.807, 2.05) is 25.1 Å². The van der Waals surface area contributed by atoms with Gasteiger partial charge in [-0.3, -0.25) is 0 Å². The molecule has 0 aliphatic heterocycles. The van der Waals surface area contributed by atoms with Crippen molar-refractivity contribution in [3.63, 3.8) is 0 Å². The number of aromatic nitrogens is 1. The molecule has 0 aliphatic carbocycles. The highest BCUT2D eigenvalue weighted by atomic mass is 79.9. The maximum atomic E-state index is 13.8. The van der Waals surface area contributed by atoms with Crippen molar-refractivity contribution in [3.05, 3.63) is 69.6 Å². The molecule has 1 aromatic heterocycles. The van der Waals surface area contributed by atoms with E-state index in [1.165, 1.54) is 22.7 Å². The summed E-state index contributed by atoms with van der Waals surface area (Å²) in [5.74, 6) is -0.154. The highest BCUT2D eigenvalue weighted by Crippen LogP contribution is 2.29. The number of rotatable bonds is 5. The van der Waals surface area contributed by atoms with Gasteiger partial charge in [0.25, 0.3) is 0 Å². The summed E-state index contributed by atoms with van der Waals surface area (Å²) in [5.41, 5.74) is 4.35. The van der Waals surface area contributed by atoms with E-state index in [-0.39, 0.29) is 11.9 Å². The minimum Gasteiger partial charge on any atom is -0.358 e. The molecule has 3 rings (SSSR count). The lowest BCUT2D eigenvalue weighted by molar-refractivity contribution is 0.531. The van der Waals surface area contributed by atoms with Crippen LogP contribution in [0, 0.1) is 12.7 Å². The van der Waals surface area contributed by atoms with Crippen molar-refractivity contribution in [2.24, 2.45) is 0 Å². The largest absolute Gasteiger partial charge is 0.358 e. The van der Waals surface area contributed by atoms with E-state index in [2.05, 4.69) is 45.3 Å². The van der Waals surface area contributed by atoms with Crippen LogP contribution in [-0.4, -0.2) is 11.5 Å². The van der Waals surface area contributed by atoms with Gasteiger partial charge in [-0.1, -0.05) is 40.2 Å². The maximum Gasteiger partial charge on any atom is 0.127 e. The first kappa shape index (κ1) is 16.2. The number of H-pyrrole nitrogens is 1. The van der Waals surface area contributed by atoms with E-state index in [4.69, 9.17) is 0 Å². The van der Waals surface area contributed by atoms with Crippen LogP contribution in [0.1, 0.15) is 29.8 Å². The number of benzene rings is 2. The van der Waals surface area contributed by atoms with Crippen LogP contribution in [0.3, 0.4) is 0 Å². The van der Waals surface area contributed by atoms with Crippen molar-refractivity contribution in [1.29, 1.82) is 0 Å². The summed E-state index contributed by atoms with van der Waals surface area (Å²) in [4.78, 5) is 3.43. The third-order valence-electron chi connectivity index (χ3n) is 4.29. The Kier molecular flexibility index (Phi) is 4.83. The first-order valence-electron chi connectivity index (χ1n) is 7.81. The van der Waals surface area contributed by atoms with Gasteiger partial charge in [-0.05, 0) is 50.6 Å². The molecule has 0 bridgehead atoms. The number of nitrogens with one attached hydrogen (secondary N) is 2. The molecule has 2 N–H and O–H groups in total. The van der Waals surface area contributed by atoms with E-state index >= 15 is 0 Å². The Labute approximate surface area is 144 Å². The van der Waals surface area contributed by atoms with Crippen LogP contribution >= 0.6 is 15.9 Å². The molecular weight excluding hydrogens is 355 g/mol. The molecule has 0 saturated heterocycles. The van der Waals surface area contributed by atoms with E-state index < -0.39 is 0 Å². The van der Waals surface area contributed by atoms with Gasteiger partial charge in [0.15, 0.2) is 0 Å². The van der Waals surface area contributed by atoms with Crippen LogP contribution in [0.5, 0.6) is 0 Å². The lowest BCUT2D eigenvalue weighted by atomic mass is 10.1. The van der Waals surface area contributed by atoms with E-state index in [0.29, 0.717) is 5.56 Å². The highest BCUT2D eigenvalue weighted by molar-refractivity contribution is 9.10. The van der Waals surface area contributed by atoms with Crippen LogP contribution < -0.4 is 5.32 Å². The predicted molar refractivity (Wildman–Crippen MR) is 97.3 cm³/mol. The topological polar surface area (TPSA) is 27.8 Å². The zero-order valence-electron chi connectivity index (χ0n) is 13.3. The molecule has 0 amide bonds. The molecule has 3 aromatic rings. The standard InChI is InChI=1S/C19H20BrFN2/c1-12(14-6-3-4-8-17(14)21)22-11-10-15-13(2)23-18-9-5-7-16(20)19(15)18/h3-9,12,22-23H,10-11H2,1-2H3. The van der Waals surface area contributed by atoms with E-state index in [1.54, 1.807) is 6.07 Å². The van der Waals surface area contributed by atoms with Crippen LogP contribution in [0.2, 0.25) is 0 Å². The zero-order chi connectivity index (χ0) is 16.4. The number of aryl methyl sites for hydroxylation is 1. The van der Waals surface area contributed by atoms with Gasteiger partial charge in [0.05, 0.1) is 0 Å². The van der Waals surface area contributed by atoms with Gasteiger partial charge in [0, 0.05) is 32.7 Å². The Morgan fingerprint density at radius 3 is 2.74 bits per heavy atom. The second-order valence-electron chi connectivity index (χ2n) is 5.84. The Balaban J connectivity index is 1.72. The van der Waals surface area contributed by atoms with Crippen molar-refractivity contribution >= 4 is 26.8 Å². The molecule has 23 heavy (non-hydrogen) atoms. The molecule has 1 heterocycles. The Morgan fingerprint density at radius 2 is 1.96 bits per heavy atom. The van der Waals surface area contributed by atoms with E-state index in [9.17, 15) is 4.39 Å². The molecule has 1 atom stereocenters. The zero-order valence-corrected chi connectivity index (χ0v) is 14.9. The van der Waals surface area contributed by atoms with Crippen LogP contribution in [0.15, 0.2) is 46.9 Å². The number of aromatic amines is 1. The normalized spacial score (nSPS) is 12.7. The van der Waals surface area contributed by atoms with E-state index in [0.717, 1.165) is 23.0 Å². The van der Waals surface area contributed by atoms with Crippen molar-refractivity contribution in [1.82, 2.24) is 10.3 Å².